The summed E-state index contributed by atoms with van der Waals surface area (Å²) in [5.41, 5.74) is 3.10. The Balaban J connectivity index is 1.56. The molecule has 0 saturated carbocycles. The molecule has 3 rings (SSSR count). The van der Waals surface area contributed by atoms with E-state index in [0.29, 0.717) is 5.95 Å². The largest absolute Gasteiger partial charge is 0.358 e. The van der Waals surface area contributed by atoms with Crippen LogP contribution in [0.4, 0.5) is 11.8 Å². The van der Waals surface area contributed by atoms with Crippen LogP contribution >= 0.6 is 0 Å². The highest BCUT2D eigenvalue weighted by Crippen LogP contribution is 2.21. The van der Waals surface area contributed by atoms with Crippen LogP contribution in [0, 0.1) is 6.92 Å². The summed E-state index contributed by atoms with van der Waals surface area (Å²) in [7, 11) is 2.04. The lowest BCUT2D eigenvalue weighted by Gasteiger charge is -2.20. The molecule has 1 aromatic carbocycles. The lowest BCUT2D eigenvalue weighted by molar-refractivity contribution is 0.787. The molecule has 128 valence electrons. The Morgan fingerprint density at radius 2 is 1.76 bits per heavy atom. The summed E-state index contributed by atoms with van der Waals surface area (Å²) in [5.74, 6) is 1.57. The van der Waals surface area contributed by atoms with Gasteiger partial charge >= 0.3 is 0 Å². The van der Waals surface area contributed by atoms with Crippen LogP contribution in [-0.2, 0) is 0 Å². The van der Waals surface area contributed by atoms with Gasteiger partial charge < -0.3 is 10.2 Å². The van der Waals surface area contributed by atoms with E-state index in [4.69, 9.17) is 0 Å². The highest BCUT2D eigenvalue weighted by atomic mass is 15.2. The monoisotopic (exact) mass is 334 g/mol. The molecule has 0 aliphatic carbocycles. The molecular weight excluding hydrogens is 312 g/mol. The number of hydrogen-bond donors (Lipinski definition) is 1. The molecule has 2 aromatic heterocycles. The first-order valence-corrected chi connectivity index (χ1v) is 8.36. The second-order valence-corrected chi connectivity index (χ2v) is 5.88. The molecule has 0 radical (unpaired) electrons. The van der Waals surface area contributed by atoms with E-state index < -0.39 is 0 Å². The molecule has 0 atom stereocenters. The van der Waals surface area contributed by atoms with Crippen molar-refractivity contribution in [3.63, 3.8) is 0 Å². The fourth-order valence-electron chi connectivity index (χ4n) is 2.62. The normalized spacial score (nSPS) is 10.5. The summed E-state index contributed by atoms with van der Waals surface area (Å²) in [4.78, 5) is 10.4. The van der Waals surface area contributed by atoms with Gasteiger partial charge in [-0.25, -0.2) is 9.97 Å². The molecule has 0 spiro atoms. The van der Waals surface area contributed by atoms with Gasteiger partial charge in [0.05, 0.1) is 5.69 Å². The Morgan fingerprint density at radius 3 is 2.48 bits per heavy atom. The summed E-state index contributed by atoms with van der Waals surface area (Å²) in [6.45, 7) is 3.76. The van der Waals surface area contributed by atoms with Crippen LogP contribution in [0.25, 0.3) is 11.3 Å². The molecule has 2 heterocycles. The summed E-state index contributed by atoms with van der Waals surface area (Å²) in [5, 5.41) is 12.0. The minimum atomic E-state index is 0.660. The van der Waals surface area contributed by atoms with Crippen LogP contribution in [0.15, 0.2) is 54.9 Å². The second kappa shape index (κ2) is 8.19. The molecule has 0 aliphatic heterocycles. The van der Waals surface area contributed by atoms with Crippen molar-refractivity contribution in [2.45, 2.75) is 13.3 Å². The Bertz CT molecular complexity index is 792. The van der Waals surface area contributed by atoms with Gasteiger partial charge in [-0.1, -0.05) is 30.3 Å². The van der Waals surface area contributed by atoms with Crippen molar-refractivity contribution in [2.24, 2.45) is 0 Å². The first-order chi connectivity index (χ1) is 12.2. The Kier molecular flexibility index (Phi) is 5.51. The number of anilines is 2. The third-order valence-electron chi connectivity index (χ3n) is 3.91. The van der Waals surface area contributed by atoms with Gasteiger partial charge in [-0.2, -0.15) is 0 Å². The number of aryl methyl sites for hydroxylation is 1. The zero-order valence-electron chi connectivity index (χ0n) is 14.6. The van der Waals surface area contributed by atoms with Crippen molar-refractivity contribution < 1.29 is 0 Å². The van der Waals surface area contributed by atoms with Crippen LogP contribution in [0.1, 0.15) is 12.0 Å². The topological polar surface area (TPSA) is 66.8 Å². The zero-order chi connectivity index (χ0) is 17.5. The van der Waals surface area contributed by atoms with Crippen molar-refractivity contribution >= 4 is 11.8 Å². The average molecular weight is 334 g/mol. The van der Waals surface area contributed by atoms with Crippen LogP contribution in [0.5, 0.6) is 0 Å². The predicted molar refractivity (Wildman–Crippen MR) is 101 cm³/mol. The highest BCUT2D eigenvalue weighted by Gasteiger charge is 2.09. The van der Waals surface area contributed by atoms with E-state index in [9.17, 15) is 0 Å². The number of aromatic nitrogens is 4. The molecule has 0 unspecified atom stereocenters. The Hall–Kier alpha value is -3.02. The lowest BCUT2D eigenvalue weighted by Crippen LogP contribution is -2.23. The van der Waals surface area contributed by atoms with Gasteiger partial charge in [0, 0.05) is 38.1 Å². The summed E-state index contributed by atoms with van der Waals surface area (Å²) in [6, 6.07) is 14.0. The van der Waals surface area contributed by atoms with E-state index in [1.807, 2.05) is 37.4 Å². The van der Waals surface area contributed by atoms with E-state index >= 15 is 0 Å². The molecule has 25 heavy (non-hydrogen) atoms. The van der Waals surface area contributed by atoms with E-state index in [-0.39, 0.29) is 0 Å². The molecule has 1 N–H and O–H groups in total. The van der Waals surface area contributed by atoms with Gasteiger partial charge in [-0.15, -0.1) is 10.2 Å². The summed E-state index contributed by atoms with van der Waals surface area (Å²) < 4.78 is 0. The van der Waals surface area contributed by atoms with Gasteiger partial charge in [0.15, 0.2) is 5.82 Å². The Labute approximate surface area is 148 Å². The smallest absolute Gasteiger partial charge is 0.222 e. The average Bonchev–Trinajstić information content (AvgIpc) is 2.66. The van der Waals surface area contributed by atoms with Gasteiger partial charge in [-0.05, 0) is 31.0 Å². The van der Waals surface area contributed by atoms with Crippen molar-refractivity contribution in [1.29, 1.82) is 0 Å². The van der Waals surface area contributed by atoms with Gasteiger partial charge in [0.1, 0.15) is 0 Å². The second-order valence-electron chi connectivity index (χ2n) is 5.88. The molecule has 3 aromatic rings. The van der Waals surface area contributed by atoms with Crippen LogP contribution in [0.3, 0.4) is 0 Å². The van der Waals surface area contributed by atoms with Crippen molar-refractivity contribution in [2.75, 3.05) is 30.4 Å². The van der Waals surface area contributed by atoms with Gasteiger partial charge in [-0.3, -0.25) is 0 Å². The SMILES string of the molecule is Cc1cc(-c2ccccc2)nnc1N(C)CCCNc1ncccn1. The van der Waals surface area contributed by atoms with Crippen molar-refractivity contribution in [3.05, 3.63) is 60.4 Å². The fraction of sp³-hybridized carbons (Fsp3) is 0.263. The fourth-order valence-corrected chi connectivity index (χ4v) is 2.62. The van der Waals surface area contributed by atoms with E-state index in [1.165, 1.54) is 0 Å². The maximum absolute atomic E-state index is 4.42. The minimum absolute atomic E-state index is 0.660. The Morgan fingerprint density at radius 1 is 1.00 bits per heavy atom. The molecule has 6 heteroatoms. The number of benzene rings is 1. The molecular formula is C19H22N6. The minimum Gasteiger partial charge on any atom is -0.358 e. The quantitative estimate of drug-likeness (QED) is 0.669. The highest BCUT2D eigenvalue weighted by molar-refractivity contribution is 5.61. The third kappa shape index (κ3) is 4.50. The number of nitrogens with zero attached hydrogens (tertiary/aromatic N) is 5. The first-order valence-electron chi connectivity index (χ1n) is 8.36. The maximum atomic E-state index is 4.42. The number of nitrogens with one attached hydrogen (secondary N) is 1. The standard InChI is InChI=1S/C19H22N6/c1-15-14-17(16-8-4-3-5-9-16)23-24-18(15)25(2)13-7-12-22-19-20-10-6-11-21-19/h3-6,8-11,14H,7,12-13H2,1-2H3,(H,20,21,22). The predicted octanol–water partition coefficient (Wildman–Crippen LogP) is 3.18. The van der Waals surface area contributed by atoms with Crippen LogP contribution < -0.4 is 10.2 Å². The molecule has 0 amide bonds. The maximum Gasteiger partial charge on any atom is 0.222 e. The lowest BCUT2D eigenvalue weighted by atomic mass is 10.1. The summed E-state index contributed by atoms with van der Waals surface area (Å²) >= 11 is 0. The molecule has 0 bridgehead atoms. The van der Waals surface area contributed by atoms with E-state index in [2.05, 4.69) is 43.4 Å². The third-order valence-corrected chi connectivity index (χ3v) is 3.91. The summed E-state index contributed by atoms with van der Waals surface area (Å²) in [6.07, 6.45) is 4.42. The molecule has 0 fully saturated rings. The number of rotatable bonds is 7. The van der Waals surface area contributed by atoms with Gasteiger partial charge in [0.2, 0.25) is 5.95 Å². The molecule has 0 saturated heterocycles. The van der Waals surface area contributed by atoms with Crippen LogP contribution in [-0.4, -0.2) is 40.3 Å². The zero-order valence-corrected chi connectivity index (χ0v) is 14.6. The van der Waals surface area contributed by atoms with Crippen molar-refractivity contribution in [1.82, 2.24) is 20.2 Å². The molecule has 0 aliphatic rings. The van der Waals surface area contributed by atoms with Crippen LogP contribution in [0.2, 0.25) is 0 Å². The van der Waals surface area contributed by atoms with E-state index in [0.717, 1.165) is 42.1 Å². The molecule has 6 nitrogen and oxygen atoms in total. The van der Waals surface area contributed by atoms with E-state index in [1.54, 1.807) is 18.5 Å². The number of hydrogen-bond acceptors (Lipinski definition) is 6. The first kappa shape index (κ1) is 16.8. The van der Waals surface area contributed by atoms with Gasteiger partial charge in [0.25, 0.3) is 0 Å². The van der Waals surface area contributed by atoms with Crippen molar-refractivity contribution in [3.8, 4) is 11.3 Å².